The Morgan fingerprint density at radius 3 is 3.04 bits per heavy atom. The van der Waals surface area contributed by atoms with Crippen molar-refractivity contribution in [1.29, 1.82) is 0 Å². The van der Waals surface area contributed by atoms with Crippen molar-refractivity contribution in [3.63, 3.8) is 0 Å². The SMILES string of the molecule is COc1cnccc1[C@@H](C)NC(=O)N1CCC[C@@H]1Cn1ccnc1C. The number of likely N-dealkylation sites (tertiary alicyclic amines) is 1. The second-order valence-corrected chi connectivity index (χ2v) is 6.41. The summed E-state index contributed by atoms with van der Waals surface area (Å²) in [6.07, 6.45) is 9.18. The summed E-state index contributed by atoms with van der Waals surface area (Å²) in [5.41, 5.74) is 0.923. The molecule has 2 aromatic rings. The van der Waals surface area contributed by atoms with Crippen LogP contribution in [0, 0.1) is 6.92 Å². The molecule has 3 heterocycles. The fourth-order valence-corrected chi connectivity index (χ4v) is 3.38. The van der Waals surface area contributed by atoms with Gasteiger partial charge in [0.25, 0.3) is 0 Å². The second kappa shape index (κ2) is 7.55. The maximum Gasteiger partial charge on any atom is 0.318 e. The Morgan fingerprint density at radius 2 is 2.32 bits per heavy atom. The number of aryl methyl sites for hydroxylation is 1. The van der Waals surface area contributed by atoms with Gasteiger partial charge in [0.2, 0.25) is 0 Å². The van der Waals surface area contributed by atoms with Gasteiger partial charge < -0.3 is 19.5 Å². The number of rotatable bonds is 5. The van der Waals surface area contributed by atoms with E-state index in [-0.39, 0.29) is 18.1 Å². The first-order valence-corrected chi connectivity index (χ1v) is 8.63. The number of aromatic nitrogens is 3. The fourth-order valence-electron chi connectivity index (χ4n) is 3.38. The number of nitrogens with zero attached hydrogens (tertiary/aromatic N) is 4. The number of imidazole rings is 1. The van der Waals surface area contributed by atoms with E-state index in [0.717, 1.165) is 37.3 Å². The number of carbonyl (C=O) groups is 1. The van der Waals surface area contributed by atoms with Crippen molar-refractivity contribution in [2.75, 3.05) is 13.7 Å². The number of pyridine rings is 1. The normalized spacial score (nSPS) is 18.2. The summed E-state index contributed by atoms with van der Waals surface area (Å²) in [6, 6.07) is 1.88. The molecule has 25 heavy (non-hydrogen) atoms. The molecule has 0 radical (unpaired) electrons. The van der Waals surface area contributed by atoms with Crippen LogP contribution in [0.15, 0.2) is 30.9 Å². The Labute approximate surface area is 148 Å². The average molecular weight is 343 g/mol. The number of carbonyl (C=O) groups excluding carboxylic acids is 1. The van der Waals surface area contributed by atoms with Gasteiger partial charge in [-0.2, -0.15) is 0 Å². The van der Waals surface area contributed by atoms with Crippen molar-refractivity contribution in [1.82, 2.24) is 24.8 Å². The molecule has 0 aliphatic carbocycles. The maximum absolute atomic E-state index is 12.8. The van der Waals surface area contributed by atoms with Crippen molar-refractivity contribution in [3.05, 3.63) is 42.2 Å². The van der Waals surface area contributed by atoms with Crippen LogP contribution in [0.4, 0.5) is 4.79 Å². The van der Waals surface area contributed by atoms with Crippen LogP contribution in [-0.4, -0.2) is 45.2 Å². The molecule has 1 saturated heterocycles. The zero-order chi connectivity index (χ0) is 17.8. The number of ether oxygens (including phenoxy) is 1. The van der Waals surface area contributed by atoms with E-state index in [9.17, 15) is 4.79 Å². The van der Waals surface area contributed by atoms with Crippen LogP contribution < -0.4 is 10.1 Å². The molecule has 0 unspecified atom stereocenters. The standard InChI is InChI=1S/C18H25N5O2/c1-13(16-6-7-19-11-17(16)25-3)21-18(24)23-9-4-5-15(23)12-22-10-8-20-14(22)2/h6-8,10-11,13,15H,4-5,9,12H2,1-3H3,(H,21,24)/t13-,15-/m1/s1. The van der Waals surface area contributed by atoms with Crippen molar-refractivity contribution in [2.24, 2.45) is 0 Å². The van der Waals surface area contributed by atoms with E-state index in [1.807, 2.05) is 31.0 Å². The number of nitrogens with one attached hydrogen (secondary N) is 1. The Bertz CT molecular complexity index is 730. The predicted molar refractivity (Wildman–Crippen MR) is 94.4 cm³/mol. The van der Waals surface area contributed by atoms with Crippen LogP contribution in [0.5, 0.6) is 5.75 Å². The molecule has 0 aromatic carbocycles. The lowest BCUT2D eigenvalue weighted by atomic mass is 10.1. The van der Waals surface area contributed by atoms with Gasteiger partial charge in [-0.1, -0.05) is 0 Å². The highest BCUT2D eigenvalue weighted by Crippen LogP contribution is 2.25. The van der Waals surface area contributed by atoms with Gasteiger partial charge in [0, 0.05) is 37.2 Å². The van der Waals surface area contributed by atoms with E-state index in [0.29, 0.717) is 5.75 Å². The molecule has 2 atom stereocenters. The molecule has 7 nitrogen and oxygen atoms in total. The minimum atomic E-state index is -0.151. The number of methoxy groups -OCH3 is 1. The Morgan fingerprint density at radius 1 is 1.48 bits per heavy atom. The topological polar surface area (TPSA) is 72.3 Å². The lowest BCUT2D eigenvalue weighted by molar-refractivity contribution is 0.184. The van der Waals surface area contributed by atoms with Crippen LogP contribution in [0.2, 0.25) is 0 Å². The number of hydrogen-bond acceptors (Lipinski definition) is 4. The zero-order valence-electron chi connectivity index (χ0n) is 15.0. The first-order valence-electron chi connectivity index (χ1n) is 8.63. The molecular formula is C18H25N5O2. The molecule has 1 N–H and O–H groups in total. The average Bonchev–Trinajstić information content (AvgIpc) is 3.24. The molecule has 0 bridgehead atoms. The van der Waals surface area contributed by atoms with Gasteiger partial charge in [-0.3, -0.25) is 4.98 Å². The molecule has 0 saturated carbocycles. The minimum Gasteiger partial charge on any atom is -0.495 e. The summed E-state index contributed by atoms with van der Waals surface area (Å²) >= 11 is 0. The predicted octanol–water partition coefficient (Wildman–Crippen LogP) is 2.53. The molecule has 2 aromatic heterocycles. The van der Waals surface area contributed by atoms with Crippen LogP contribution in [0.25, 0.3) is 0 Å². The summed E-state index contributed by atoms with van der Waals surface area (Å²) in [6.45, 7) is 5.51. The van der Waals surface area contributed by atoms with E-state index >= 15 is 0 Å². The molecule has 3 rings (SSSR count). The summed E-state index contributed by atoms with van der Waals surface area (Å²) in [5.74, 6) is 1.66. The molecule has 1 aliphatic rings. The molecule has 2 amide bonds. The Hall–Kier alpha value is -2.57. The number of urea groups is 1. The van der Waals surface area contributed by atoms with Gasteiger partial charge in [0.05, 0.1) is 25.4 Å². The van der Waals surface area contributed by atoms with Gasteiger partial charge in [0.15, 0.2) is 0 Å². The van der Waals surface area contributed by atoms with Gasteiger partial charge >= 0.3 is 6.03 Å². The smallest absolute Gasteiger partial charge is 0.318 e. The highest BCUT2D eigenvalue weighted by atomic mass is 16.5. The molecule has 134 valence electrons. The van der Waals surface area contributed by atoms with Gasteiger partial charge in [-0.15, -0.1) is 0 Å². The first kappa shape index (κ1) is 17.3. The van der Waals surface area contributed by atoms with E-state index in [1.54, 1.807) is 25.7 Å². The van der Waals surface area contributed by atoms with Gasteiger partial charge in [-0.25, -0.2) is 9.78 Å². The van der Waals surface area contributed by atoms with E-state index in [4.69, 9.17) is 4.74 Å². The van der Waals surface area contributed by atoms with Crippen LogP contribution >= 0.6 is 0 Å². The quantitative estimate of drug-likeness (QED) is 0.905. The van der Waals surface area contributed by atoms with E-state index in [2.05, 4.69) is 19.9 Å². The third kappa shape index (κ3) is 3.75. The lowest BCUT2D eigenvalue weighted by Gasteiger charge is -2.27. The minimum absolute atomic E-state index is 0.0355. The van der Waals surface area contributed by atoms with E-state index < -0.39 is 0 Å². The monoisotopic (exact) mass is 343 g/mol. The largest absolute Gasteiger partial charge is 0.495 e. The van der Waals surface area contributed by atoms with Crippen molar-refractivity contribution in [2.45, 2.75) is 45.3 Å². The third-order valence-corrected chi connectivity index (χ3v) is 4.81. The summed E-state index contributed by atoms with van der Waals surface area (Å²) < 4.78 is 7.44. The summed E-state index contributed by atoms with van der Waals surface area (Å²) in [7, 11) is 1.61. The maximum atomic E-state index is 12.8. The van der Waals surface area contributed by atoms with Crippen LogP contribution in [0.3, 0.4) is 0 Å². The van der Waals surface area contributed by atoms with Gasteiger partial charge in [-0.05, 0) is 32.8 Å². The first-order chi connectivity index (χ1) is 12.1. The zero-order valence-corrected chi connectivity index (χ0v) is 15.0. The number of amides is 2. The van der Waals surface area contributed by atoms with Crippen molar-refractivity contribution >= 4 is 6.03 Å². The van der Waals surface area contributed by atoms with Gasteiger partial charge in [0.1, 0.15) is 11.6 Å². The second-order valence-electron chi connectivity index (χ2n) is 6.41. The highest BCUT2D eigenvalue weighted by molar-refractivity contribution is 5.75. The Balaban J connectivity index is 1.66. The van der Waals surface area contributed by atoms with Crippen LogP contribution in [-0.2, 0) is 6.54 Å². The molecule has 7 heteroatoms. The molecule has 1 fully saturated rings. The molecule has 1 aliphatic heterocycles. The summed E-state index contributed by atoms with van der Waals surface area (Å²) in [4.78, 5) is 23.0. The van der Waals surface area contributed by atoms with E-state index in [1.165, 1.54) is 0 Å². The lowest BCUT2D eigenvalue weighted by Crippen LogP contribution is -2.45. The summed E-state index contributed by atoms with van der Waals surface area (Å²) in [5, 5.41) is 3.09. The molecular weight excluding hydrogens is 318 g/mol. The highest BCUT2D eigenvalue weighted by Gasteiger charge is 2.30. The van der Waals surface area contributed by atoms with Crippen molar-refractivity contribution in [3.8, 4) is 5.75 Å². The van der Waals surface area contributed by atoms with Crippen molar-refractivity contribution < 1.29 is 9.53 Å². The number of hydrogen-bond donors (Lipinski definition) is 1. The molecule has 0 spiro atoms. The Kier molecular flexibility index (Phi) is 5.21. The van der Waals surface area contributed by atoms with Crippen LogP contribution in [0.1, 0.15) is 37.2 Å². The fraction of sp³-hybridized carbons (Fsp3) is 0.500. The third-order valence-electron chi connectivity index (χ3n) is 4.81.